The van der Waals surface area contributed by atoms with E-state index in [0.29, 0.717) is 57.8 Å². The molecule has 0 bridgehead atoms. The number of aliphatic imine (C=N–C) groups is 3. The molecule has 0 radical (unpaired) electrons. The van der Waals surface area contributed by atoms with Gasteiger partial charge in [-0.2, -0.15) is 10.2 Å². The molecule has 0 atom stereocenters. The summed E-state index contributed by atoms with van der Waals surface area (Å²) in [5.74, 6) is 0.117. The molecule has 17 nitrogen and oxygen atoms in total. The smallest absolute Gasteiger partial charge is 0.149 e. The van der Waals surface area contributed by atoms with E-state index in [9.17, 15) is 31.3 Å². The highest BCUT2D eigenvalue weighted by Gasteiger charge is 2.34. The average Bonchev–Trinajstić information content (AvgIpc) is 1.58. The molecule has 3 saturated heterocycles. The fraction of sp³-hybridized carbons (Fsp3) is 0.305. The van der Waals surface area contributed by atoms with Gasteiger partial charge in [-0.3, -0.25) is 24.3 Å². The molecule has 0 saturated carbocycles. The van der Waals surface area contributed by atoms with Crippen molar-refractivity contribution in [1.82, 2.24) is 33.3 Å². The van der Waals surface area contributed by atoms with Crippen molar-refractivity contribution in [3.8, 4) is 50.4 Å². The topological polar surface area (TPSA) is 187 Å². The Labute approximate surface area is 601 Å². The number of fused-ring (bicyclic) bond motifs is 6. The summed E-state index contributed by atoms with van der Waals surface area (Å²) in [6.07, 6.45) is 20.1. The molecule has 0 spiro atoms. The van der Waals surface area contributed by atoms with Crippen LogP contribution in [-0.4, -0.2) is 137 Å². The van der Waals surface area contributed by atoms with Crippen molar-refractivity contribution in [1.29, 1.82) is 0 Å². The maximum absolute atomic E-state index is 13.9. The number of aliphatic hydroxyl groups is 1. The Kier molecular flexibility index (Phi) is 19.1. The SMILES string of the molecule is CP(C)(=O)c1ccc(-c2c(C3CCOCC3)n(-c3ccc(F)cc3)c3cc4c(cc23)CN=C4)cc1.CS(=O)(=O)CCn1cc(-c2c(C3CCOCC3)n(-c3ccc(F)cc3)c3cc4c(cc23)CN=C4)cn1.OCCn1cc(-c2c(C3CCOCC3)n(-c3ccc(F)cc3)c3cc4c(cc23)CN=C4)cn1. The van der Waals surface area contributed by atoms with Gasteiger partial charge in [-0.15, -0.1) is 0 Å². The highest BCUT2D eigenvalue weighted by molar-refractivity contribution is 7.90. The van der Waals surface area contributed by atoms with Gasteiger partial charge in [0.15, 0.2) is 0 Å². The minimum Gasteiger partial charge on any atom is -0.394 e. The van der Waals surface area contributed by atoms with Crippen LogP contribution in [0.15, 0.2) is 173 Å². The van der Waals surface area contributed by atoms with Crippen molar-refractivity contribution in [3.05, 3.63) is 226 Å². The van der Waals surface area contributed by atoms with Crippen LogP contribution in [-0.2, 0) is 61.3 Å². The van der Waals surface area contributed by atoms with E-state index in [-0.39, 0.29) is 35.7 Å². The predicted molar refractivity (Wildman–Crippen MR) is 406 cm³/mol. The lowest BCUT2D eigenvalue weighted by Gasteiger charge is -2.26. The molecule has 3 fully saturated rings. The molecule has 104 heavy (non-hydrogen) atoms. The molecule has 11 heterocycles. The van der Waals surface area contributed by atoms with Gasteiger partial charge in [0.25, 0.3) is 0 Å². The van der Waals surface area contributed by atoms with Gasteiger partial charge in [0.05, 0.1) is 74.0 Å². The summed E-state index contributed by atoms with van der Waals surface area (Å²) >= 11 is 0. The van der Waals surface area contributed by atoms with Gasteiger partial charge in [-0.1, -0.05) is 24.3 Å². The third kappa shape index (κ3) is 13.7. The first kappa shape index (κ1) is 68.8. The lowest BCUT2D eigenvalue weighted by Crippen LogP contribution is -2.17. The zero-order valence-corrected chi connectivity index (χ0v) is 60.0. The molecule has 5 aromatic heterocycles. The molecule has 6 aliphatic heterocycles. The van der Waals surface area contributed by atoms with Crippen molar-refractivity contribution in [2.45, 2.75) is 89.0 Å². The van der Waals surface area contributed by atoms with Crippen LogP contribution in [0.1, 0.15) is 107 Å². The monoisotopic (exact) mass is 1440 g/mol. The first-order valence-electron chi connectivity index (χ1n) is 35.6. The number of benzene rings is 7. The Balaban J connectivity index is 0.000000120. The molecule has 6 aliphatic rings. The Bertz CT molecular complexity index is 5500. The van der Waals surface area contributed by atoms with Crippen LogP contribution in [0.2, 0.25) is 0 Å². The van der Waals surface area contributed by atoms with Crippen LogP contribution >= 0.6 is 7.14 Å². The molecule has 7 aromatic carbocycles. The first-order chi connectivity index (χ1) is 50.5. The van der Waals surface area contributed by atoms with Crippen LogP contribution in [0, 0.1) is 17.5 Å². The zero-order chi connectivity index (χ0) is 71.4. The number of hydrogen-bond donors (Lipinski definition) is 1. The number of aromatic nitrogens is 7. The van der Waals surface area contributed by atoms with Crippen molar-refractivity contribution >= 4 is 73.6 Å². The second-order valence-electron chi connectivity index (χ2n) is 28.2. The van der Waals surface area contributed by atoms with E-state index in [4.69, 9.17) is 14.2 Å². The average molecular weight is 1440 g/mol. The highest BCUT2D eigenvalue weighted by Crippen LogP contribution is 2.49. The molecule has 0 amide bonds. The predicted octanol–water partition coefficient (Wildman–Crippen LogP) is 15.5. The molecule has 532 valence electrons. The van der Waals surface area contributed by atoms with E-state index in [1.807, 2.05) is 92.0 Å². The van der Waals surface area contributed by atoms with Gasteiger partial charge in [0.2, 0.25) is 0 Å². The molecule has 0 unspecified atom stereocenters. The number of aryl methyl sites for hydroxylation is 1. The quantitative estimate of drug-likeness (QED) is 0.0975. The van der Waals surface area contributed by atoms with Crippen molar-refractivity contribution < 1.29 is 45.5 Å². The molecule has 0 aliphatic carbocycles. The van der Waals surface area contributed by atoms with E-state index >= 15 is 0 Å². The van der Waals surface area contributed by atoms with Gasteiger partial charge in [-0.25, -0.2) is 21.6 Å². The Morgan fingerprint density at radius 3 is 1.13 bits per heavy atom. The third-order valence-electron chi connectivity index (χ3n) is 21.0. The standard InChI is InChI=1S/C29H28FN2O2P.C27H27FN4O3S.C26H25FN4O2/c1-35(2,33)25-9-3-19(4-10-25)28-26-15-21-17-31-18-22(21)16-27(26)32(24-7-5-23(30)6-8-24)29(28)20-11-13-34-14-12-20;1-36(33,34)11-8-31-17-21(16-30-31)26-24-12-19-14-29-15-20(19)13-25(24)32(23-4-2-22(28)3-5-23)27(26)18-6-9-35-10-7-18;27-21-1-3-22(4-2-21)31-24-12-19-14-28-13-18(19)11-23(24)25(20-15-29-30(16-20)7-8-32)26(31)17-5-9-33-10-6-17/h3-10,15-16,18,20H,11-14,17H2,1-2H3;2-5,12-13,15-18H,6-11,14H2,1H3;1-4,11-12,14-17,32H,5-10,13H2. The summed E-state index contributed by atoms with van der Waals surface area (Å²) in [5.41, 5.74) is 23.1. The second kappa shape index (κ2) is 28.8. The molecular weight excluding hydrogens is 1360 g/mol. The van der Waals surface area contributed by atoms with Gasteiger partial charge in [0, 0.05) is 178 Å². The van der Waals surface area contributed by atoms with Gasteiger partial charge in [-0.05, 0) is 200 Å². The normalized spacial score (nSPS) is 16.1. The minimum absolute atomic E-state index is 0.0309. The number of sulfone groups is 1. The maximum Gasteiger partial charge on any atom is 0.149 e. The second-order valence-corrected chi connectivity index (χ2v) is 33.7. The lowest BCUT2D eigenvalue weighted by atomic mass is 9.89. The lowest BCUT2D eigenvalue weighted by molar-refractivity contribution is 0.0843. The Morgan fingerprint density at radius 2 is 0.808 bits per heavy atom. The van der Waals surface area contributed by atoms with Gasteiger partial charge >= 0.3 is 0 Å². The van der Waals surface area contributed by atoms with Crippen LogP contribution in [0.4, 0.5) is 13.2 Å². The summed E-state index contributed by atoms with van der Waals surface area (Å²) in [7, 11) is -5.45. The number of hydrogen-bond acceptors (Lipinski definition) is 12. The van der Waals surface area contributed by atoms with Crippen molar-refractivity contribution in [3.63, 3.8) is 0 Å². The van der Waals surface area contributed by atoms with Crippen LogP contribution in [0.5, 0.6) is 0 Å². The zero-order valence-electron chi connectivity index (χ0n) is 58.3. The molecule has 22 heteroatoms. The minimum atomic E-state index is -3.10. The summed E-state index contributed by atoms with van der Waals surface area (Å²) in [5, 5.41) is 22.7. The van der Waals surface area contributed by atoms with E-state index in [1.54, 1.807) is 22.7 Å². The molecule has 12 aromatic rings. The fourth-order valence-corrected chi connectivity index (χ4v) is 17.3. The largest absolute Gasteiger partial charge is 0.394 e. The number of rotatable bonds is 15. The first-order valence-corrected chi connectivity index (χ1v) is 40.3. The number of aliphatic hydroxyl groups excluding tert-OH is 1. The number of ether oxygens (including phenoxy) is 3. The summed E-state index contributed by atoms with van der Waals surface area (Å²) in [6, 6.07) is 41.6. The van der Waals surface area contributed by atoms with Crippen molar-refractivity contribution in [2.75, 3.05) is 71.6 Å². The number of halogens is 3. The van der Waals surface area contributed by atoms with Crippen molar-refractivity contribution in [2.24, 2.45) is 15.0 Å². The fourth-order valence-electron chi connectivity index (χ4n) is 15.9. The number of nitrogens with zero attached hydrogens (tertiary/aromatic N) is 10. The summed E-state index contributed by atoms with van der Waals surface area (Å²) in [6.45, 7) is 10.7. The van der Waals surface area contributed by atoms with Gasteiger partial charge < -0.3 is 37.6 Å². The van der Waals surface area contributed by atoms with E-state index < -0.39 is 17.0 Å². The van der Waals surface area contributed by atoms with Crippen LogP contribution in [0.3, 0.4) is 0 Å². The molecule has 18 rings (SSSR count). The third-order valence-corrected chi connectivity index (χ3v) is 23.5. The van der Waals surface area contributed by atoms with Gasteiger partial charge in [0.1, 0.15) is 34.4 Å². The molecular formula is C82H80F3N10O7PS. The highest BCUT2D eigenvalue weighted by atomic mass is 32.2. The summed E-state index contributed by atoms with van der Waals surface area (Å²) in [4.78, 5) is 13.4. The van der Waals surface area contributed by atoms with E-state index in [0.717, 1.165) is 165 Å². The Hall–Kier alpha value is -9.60. The van der Waals surface area contributed by atoms with Crippen LogP contribution in [0.25, 0.3) is 83.2 Å². The van der Waals surface area contributed by atoms with Crippen LogP contribution < -0.4 is 5.30 Å². The molecule has 1 N–H and O–H groups in total. The maximum atomic E-state index is 13.9. The Morgan fingerprint density at radius 1 is 0.471 bits per heavy atom. The van der Waals surface area contributed by atoms with E-state index in [1.165, 1.54) is 81.7 Å². The summed E-state index contributed by atoms with van der Waals surface area (Å²) < 4.78 is 105. The van der Waals surface area contributed by atoms with E-state index in [2.05, 4.69) is 87.4 Å².